The number of nitrogens with zero attached hydrogens (tertiary/aromatic N) is 1. The molecule has 2 rings (SSSR count). The summed E-state index contributed by atoms with van der Waals surface area (Å²) in [7, 11) is 1.82. The van der Waals surface area contributed by atoms with Crippen LogP contribution < -0.4 is 14.8 Å². The molecule has 0 saturated heterocycles. The molecular weight excluding hydrogens is 268 g/mol. The first-order valence-corrected chi connectivity index (χ1v) is 7.33. The van der Waals surface area contributed by atoms with E-state index in [1.165, 1.54) is 0 Å². The largest absolute Gasteiger partial charge is 0.486 e. The van der Waals surface area contributed by atoms with E-state index in [4.69, 9.17) is 9.47 Å². The fourth-order valence-electron chi connectivity index (χ4n) is 2.53. The van der Waals surface area contributed by atoms with Gasteiger partial charge in [-0.25, -0.2) is 0 Å². The van der Waals surface area contributed by atoms with Gasteiger partial charge in [-0.3, -0.25) is 4.79 Å². The molecule has 0 atom stereocenters. The molecule has 1 aromatic rings. The fourth-order valence-corrected chi connectivity index (χ4v) is 2.53. The zero-order valence-corrected chi connectivity index (χ0v) is 13.2. The Morgan fingerprint density at radius 1 is 1.29 bits per heavy atom. The Morgan fingerprint density at radius 3 is 2.62 bits per heavy atom. The zero-order valence-electron chi connectivity index (χ0n) is 13.2. The second-order valence-corrected chi connectivity index (χ2v) is 5.79. The van der Waals surface area contributed by atoms with Gasteiger partial charge < -0.3 is 19.7 Å². The maximum Gasteiger partial charge on any atom is 0.242 e. The minimum Gasteiger partial charge on any atom is -0.486 e. The summed E-state index contributed by atoms with van der Waals surface area (Å²) in [5.74, 6) is 1.59. The van der Waals surface area contributed by atoms with Gasteiger partial charge in [0.05, 0.1) is 5.54 Å². The van der Waals surface area contributed by atoms with Gasteiger partial charge in [0.2, 0.25) is 5.91 Å². The van der Waals surface area contributed by atoms with Crippen molar-refractivity contribution in [3.63, 3.8) is 0 Å². The Kier molecular flexibility index (Phi) is 4.73. The Balaban J connectivity index is 2.05. The molecule has 1 aromatic carbocycles. The molecule has 1 heterocycles. The van der Waals surface area contributed by atoms with Gasteiger partial charge in [0.1, 0.15) is 13.2 Å². The first kappa shape index (κ1) is 15.6. The zero-order chi connectivity index (χ0) is 15.5. The summed E-state index contributed by atoms with van der Waals surface area (Å²) in [4.78, 5) is 14.2. The molecule has 0 aromatic heterocycles. The number of carbonyl (C=O) groups is 1. The number of likely N-dealkylation sites (N-methyl/N-ethyl adjacent to an activating group) is 2. The van der Waals surface area contributed by atoms with Crippen molar-refractivity contribution in [2.75, 3.05) is 26.8 Å². The summed E-state index contributed by atoms with van der Waals surface area (Å²) in [6, 6.07) is 5.81. The Morgan fingerprint density at radius 2 is 1.95 bits per heavy atom. The standard InChI is InChI=1S/C16H24N2O3/c1-5-17-16(2,3)15(19)18(4)11-12-6-7-13-14(10-12)21-9-8-20-13/h6-7,10,17H,5,8-9,11H2,1-4H3. The van der Waals surface area contributed by atoms with Crippen molar-refractivity contribution in [3.05, 3.63) is 23.8 Å². The Labute approximate surface area is 126 Å². The quantitative estimate of drug-likeness (QED) is 0.899. The van der Waals surface area contributed by atoms with Crippen molar-refractivity contribution in [1.82, 2.24) is 10.2 Å². The molecule has 0 fully saturated rings. The maximum atomic E-state index is 12.5. The predicted octanol–water partition coefficient (Wildman–Crippen LogP) is 1.80. The Bertz CT molecular complexity index is 514. The highest BCUT2D eigenvalue weighted by Crippen LogP contribution is 2.31. The molecule has 1 amide bonds. The van der Waals surface area contributed by atoms with Gasteiger partial charge in [-0.15, -0.1) is 0 Å². The SMILES string of the molecule is CCNC(C)(C)C(=O)N(C)Cc1ccc2c(c1)OCCO2. The van der Waals surface area contributed by atoms with E-state index in [-0.39, 0.29) is 5.91 Å². The van der Waals surface area contributed by atoms with Gasteiger partial charge in [-0.1, -0.05) is 13.0 Å². The number of hydrogen-bond donors (Lipinski definition) is 1. The van der Waals surface area contributed by atoms with E-state index < -0.39 is 5.54 Å². The third kappa shape index (κ3) is 3.67. The highest BCUT2D eigenvalue weighted by Gasteiger charge is 2.29. The van der Waals surface area contributed by atoms with Crippen molar-refractivity contribution in [3.8, 4) is 11.5 Å². The van der Waals surface area contributed by atoms with E-state index >= 15 is 0 Å². The third-order valence-electron chi connectivity index (χ3n) is 3.53. The van der Waals surface area contributed by atoms with E-state index in [1.54, 1.807) is 4.90 Å². The average Bonchev–Trinajstić information content (AvgIpc) is 2.46. The first-order valence-electron chi connectivity index (χ1n) is 7.33. The van der Waals surface area contributed by atoms with Gasteiger partial charge in [-0.05, 0) is 38.1 Å². The summed E-state index contributed by atoms with van der Waals surface area (Å²) < 4.78 is 11.1. The number of hydrogen-bond acceptors (Lipinski definition) is 4. The molecule has 21 heavy (non-hydrogen) atoms. The van der Waals surface area contributed by atoms with Crippen LogP contribution >= 0.6 is 0 Å². The molecular formula is C16H24N2O3. The molecule has 1 N–H and O–H groups in total. The minimum absolute atomic E-state index is 0.0687. The summed E-state index contributed by atoms with van der Waals surface area (Å²) in [6.07, 6.45) is 0. The molecule has 0 aliphatic carbocycles. The van der Waals surface area contributed by atoms with Crippen LogP contribution in [0, 0.1) is 0 Å². The minimum atomic E-state index is -0.558. The van der Waals surface area contributed by atoms with Crippen LogP contribution in [0.1, 0.15) is 26.3 Å². The van der Waals surface area contributed by atoms with Crippen LogP contribution in [0.2, 0.25) is 0 Å². The highest BCUT2D eigenvalue weighted by atomic mass is 16.6. The number of fused-ring (bicyclic) bond motifs is 1. The van der Waals surface area contributed by atoms with Crippen LogP contribution in [0.5, 0.6) is 11.5 Å². The second-order valence-electron chi connectivity index (χ2n) is 5.79. The van der Waals surface area contributed by atoms with E-state index in [0.29, 0.717) is 19.8 Å². The van der Waals surface area contributed by atoms with Gasteiger partial charge in [0.15, 0.2) is 11.5 Å². The summed E-state index contributed by atoms with van der Waals surface area (Å²) in [5.41, 5.74) is 0.472. The van der Waals surface area contributed by atoms with E-state index in [0.717, 1.165) is 23.6 Å². The van der Waals surface area contributed by atoms with E-state index in [1.807, 2.05) is 46.0 Å². The number of rotatable bonds is 5. The van der Waals surface area contributed by atoms with Gasteiger partial charge >= 0.3 is 0 Å². The number of amides is 1. The highest BCUT2D eigenvalue weighted by molar-refractivity contribution is 5.85. The van der Waals surface area contributed by atoms with Crippen LogP contribution in [0.4, 0.5) is 0 Å². The Hall–Kier alpha value is -1.75. The third-order valence-corrected chi connectivity index (χ3v) is 3.53. The molecule has 0 saturated carbocycles. The molecule has 0 radical (unpaired) electrons. The molecule has 0 spiro atoms. The van der Waals surface area contributed by atoms with Crippen molar-refractivity contribution in [1.29, 1.82) is 0 Å². The summed E-state index contributed by atoms with van der Waals surface area (Å²) in [5, 5.41) is 3.20. The van der Waals surface area contributed by atoms with Crippen LogP contribution in [0.15, 0.2) is 18.2 Å². The lowest BCUT2D eigenvalue weighted by molar-refractivity contribution is -0.136. The van der Waals surface area contributed by atoms with Gasteiger partial charge in [0.25, 0.3) is 0 Å². The topological polar surface area (TPSA) is 50.8 Å². The van der Waals surface area contributed by atoms with Gasteiger partial charge in [-0.2, -0.15) is 0 Å². The lowest BCUT2D eigenvalue weighted by Gasteiger charge is -2.30. The molecule has 5 nitrogen and oxygen atoms in total. The van der Waals surface area contributed by atoms with Crippen molar-refractivity contribution < 1.29 is 14.3 Å². The molecule has 5 heteroatoms. The molecule has 1 aliphatic rings. The fraction of sp³-hybridized carbons (Fsp3) is 0.562. The normalized spacial score (nSPS) is 13.9. The van der Waals surface area contributed by atoms with Crippen molar-refractivity contribution in [2.24, 2.45) is 0 Å². The monoisotopic (exact) mass is 292 g/mol. The van der Waals surface area contributed by atoms with Gasteiger partial charge in [0, 0.05) is 13.6 Å². The van der Waals surface area contributed by atoms with E-state index in [2.05, 4.69) is 5.32 Å². The predicted molar refractivity (Wildman–Crippen MR) is 81.7 cm³/mol. The second kappa shape index (κ2) is 6.35. The van der Waals surface area contributed by atoms with Crippen LogP contribution in [-0.4, -0.2) is 43.2 Å². The van der Waals surface area contributed by atoms with E-state index in [9.17, 15) is 4.79 Å². The molecule has 0 bridgehead atoms. The number of benzene rings is 1. The lowest BCUT2D eigenvalue weighted by atomic mass is 10.0. The summed E-state index contributed by atoms with van der Waals surface area (Å²) in [6.45, 7) is 8.26. The molecule has 116 valence electrons. The van der Waals surface area contributed by atoms with Crippen molar-refractivity contribution in [2.45, 2.75) is 32.9 Å². The molecule has 0 unspecified atom stereocenters. The summed E-state index contributed by atoms with van der Waals surface area (Å²) >= 11 is 0. The average molecular weight is 292 g/mol. The number of nitrogens with one attached hydrogen (secondary N) is 1. The number of carbonyl (C=O) groups excluding carboxylic acids is 1. The number of ether oxygens (including phenoxy) is 2. The van der Waals surface area contributed by atoms with Crippen molar-refractivity contribution >= 4 is 5.91 Å². The van der Waals surface area contributed by atoms with Crippen LogP contribution in [0.25, 0.3) is 0 Å². The maximum absolute atomic E-state index is 12.5. The first-order chi connectivity index (χ1) is 9.94. The molecule has 1 aliphatic heterocycles. The smallest absolute Gasteiger partial charge is 0.242 e. The van der Waals surface area contributed by atoms with Crippen LogP contribution in [0.3, 0.4) is 0 Å². The van der Waals surface area contributed by atoms with Crippen LogP contribution in [-0.2, 0) is 11.3 Å². The lowest BCUT2D eigenvalue weighted by Crippen LogP contribution is -2.52.